The maximum Gasteiger partial charge on any atom is 0.311 e. The van der Waals surface area contributed by atoms with Crippen molar-refractivity contribution < 1.29 is 9.53 Å². The van der Waals surface area contributed by atoms with Gasteiger partial charge in [0.15, 0.2) is 0 Å². The van der Waals surface area contributed by atoms with Crippen LogP contribution in [0.4, 0.5) is 0 Å². The summed E-state index contributed by atoms with van der Waals surface area (Å²) in [7, 11) is 1.99. The molecule has 31 heavy (non-hydrogen) atoms. The zero-order chi connectivity index (χ0) is 22.1. The summed E-state index contributed by atoms with van der Waals surface area (Å²) in [6.07, 6.45) is 0.986. The highest BCUT2D eigenvalue weighted by molar-refractivity contribution is 7.15. The van der Waals surface area contributed by atoms with E-state index in [1.54, 1.807) is 11.3 Å². The number of aryl methyl sites for hydroxylation is 4. The molecule has 0 unspecified atom stereocenters. The highest BCUT2D eigenvalue weighted by Gasteiger charge is 2.17. The van der Waals surface area contributed by atoms with E-state index in [9.17, 15) is 4.79 Å². The Bertz CT molecular complexity index is 1280. The molecule has 4 aromatic rings. The van der Waals surface area contributed by atoms with Crippen molar-refractivity contribution in [2.75, 3.05) is 0 Å². The third kappa shape index (κ3) is 4.50. The lowest BCUT2D eigenvalue weighted by Gasteiger charge is -2.05. The lowest BCUT2D eigenvalue weighted by atomic mass is 10.1. The van der Waals surface area contributed by atoms with Crippen molar-refractivity contribution in [3.05, 3.63) is 68.9 Å². The SMILES string of the molecule is CCc1nc(-c2ccc(Cl)cc2C)sc1CC(=O)OCc1ccc2c(c1)nc(C)n2C. The molecule has 2 aromatic heterocycles. The number of nitrogens with zero attached hydrogens (tertiary/aromatic N) is 3. The van der Waals surface area contributed by atoms with Gasteiger partial charge in [0, 0.05) is 22.5 Å². The standard InChI is InChI=1S/C24H24ClN3O2S/c1-5-19-22(31-24(27-19)18-8-7-17(25)10-14(18)2)12-23(29)30-13-16-6-9-21-20(11-16)26-15(3)28(21)4/h6-11H,5,12-13H2,1-4H3. The second-order valence-corrected chi connectivity index (χ2v) is 9.10. The molecule has 0 bridgehead atoms. The molecule has 0 aliphatic heterocycles. The largest absolute Gasteiger partial charge is 0.461 e. The maximum atomic E-state index is 12.6. The van der Waals surface area contributed by atoms with Gasteiger partial charge in [-0.3, -0.25) is 4.79 Å². The fourth-order valence-electron chi connectivity index (χ4n) is 3.58. The number of aromatic nitrogens is 3. The average Bonchev–Trinajstić information content (AvgIpc) is 3.26. The summed E-state index contributed by atoms with van der Waals surface area (Å²) >= 11 is 7.63. The predicted octanol–water partition coefficient (Wildman–Crippen LogP) is 5.82. The normalized spacial score (nSPS) is 11.3. The minimum Gasteiger partial charge on any atom is -0.461 e. The molecular formula is C24H24ClN3O2S. The Morgan fingerprint density at radius 3 is 2.71 bits per heavy atom. The molecule has 160 valence electrons. The van der Waals surface area contributed by atoms with Crippen molar-refractivity contribution in [1.29, 1.82) is 0 Å². The van der Waals surface area contributed by atoms with Gasteiger partial charge in [-0.1, -0.05) is 30.7 Å². The fraction of sp³-hybridized carbons (Fsp3) is 0.292. The van der Waals surface area contributed by atoms with Crippen molar-refractivity contribution in [1.82, 2.24) is 14.5 Å². The number of thiazole rings is 1. The lowest BCUT2D eigenvalue weighted by Crippen LogP contribution is -2.08. The van der Waals surface area contributed by atoms with Gasteiger partial charge in [-0.15, -0.1) is 11.3 Å². The average molecular weight is 454 g/mol. The van der Waals surface area contributed by atoms with E-state index in [0.717, 1.165) is 55.5 Å². The molecule has 7 heteroatoms. The number of carbonyl (C=O) groups is 1. The van der Waals surface area contributed by atoms with Crippen molar-refractivity contribution >= 4 is 39.9 Å². The van der Waals surface area contributed by atoms with Gasteiger partial charge >= 0.3 is 5.97 Å². The molecule has 0 saturated carbocycles. The number of fused-ring (bicyclic) bond motifs is 1. The molecule has 2 aromatic carbocycles. The maximum absolute atomic E-state index is 12.6. The van der Waals surface area contributed by atoms with E-state index in [-0.39, 0.29) is 19.0 Å². The molecule has 0 saturated heterocycles. The molecule has 4 rings (SSSR count). The first-order chi connectivity index (χ1) is 14.9. The number of carbonyl (C=O) groups excluding carboxylic acids is 1. The summed E-state index contributed by atoms with van der Waals surface area (Å²) in [6, 6.07) is 11.7. The Hall–Kier alpha value is -2.70. The van der Waals surface area contributed by atoms with Crippen molar-refractivity contribution in [2.24, 2.45) is 7.05 Å². The molecule has 0 atom stereocenters. The van der Waals surface area contributed by atoms with Gasteiger partial charge in [0.05, 0.1) is 23.1 Å². The van der Waals surface area contributed by atoms with E-state index in [4.69, 9.17) is 21.3 Å². The summed E-state index contributed by atoms with van der Waals surface area (Å²) in [5.74, 6) is 0.697. The molecule has 0 N–H and O–H groups in total. The Morgan fingerprint density at radius 1 is 1.16 bits per heavy atom. The number of hydrogen-bond donors (Lipinski definition) is 0. The monoisotopic (exact) mass is 453 g/mol. The molecule has 2 heterocycles. The summed E-state index contributed by atoms with van der Waals surface area (Å²) in [5.41, 5.74) is 5.95. The van der Waals surface area contributed by atoms with E-state index >= 15 is 0 Å². The van der Waals surface area contributed by atoms with Crippen LogP contribution in [-0.4, -0.2) is 20.5 Å². The fourth-order valence-corrected chi connectivity index (χ4v) is 5.03. The second kappa shape index (κ2) is 8.81. The van der Waals surface area contributed by atoms with Crippen LogP contribution in [0.15, 0.2) is 36.4 Å². The van der Waals surface area contributed by atoms with Gasteiger partial charge in [-0.05, 0) is 55.7 Å². The van der Waals surface area contributed by atoms with Gasteiger partial charge < -0.3 is 9.30 Å². The second-order valence-electron chi connectivity index (χ2n) is 7.58. The Balaban J connectivity index is 1.46. The van der Waals surface area contributed by atoms with E-state index in [1.165, 1.54) is 0 Å². The van der Waals surface area contributed by atoms with Crippen LogP contribution in [0.1, 0.15) is 34.4 Å². The highest BCUT2D eigenvalue weighted by atomic mass is 35.5. The number of imidazole rings is 1. The number of halogens is 1. The summed E-state index contributed by atoms with van der Waals surface area (Å²) in [4.78, 5) is 22.8. The van der Waals surface area contributed by atoms with Gasteiger partial charge in [-0.25, -0.2) is 9.97 Å². The molecule has 0 aliphatic rings. The number of ether oxygens (including phenoxy) is 1. The Labute approximate surface area is 190 Å². The van der Waals surface area contributed by atoms with Crippen molar-refractivity contribution in [2.45, 2.75) is 40.2 Å². The molecular weight excluding hydrogens is 430 g/mol. The first-order valence-electron chi connectivity index (χ1n) is 10.2. The van der Waals surface area contributed by atoms with Gasteiger partial charge in [0.2, 0.25) is 0 Å². The molecule has 5 nitrogen and oxygen atoms in total. The first kappa shape index (κ1) is 21.5. The van der Waals surface area contributed by atoms with Crippen LogP contribution in [0.5, 0.6) is 0 Å². The molecule has 0 aliphatic carbocycles. The van der Waals surface area contributed by atoms with Crippen LogP contribution in [-0.2, 0) is 36.0 Å². The topological polar surface area (TPSA) is 57.0 Å². The quantitative estimate of drug-likeness (QED) is 0.345. The number of rotatable bonds is 6. The molecule has 0 spiro atoms. The van der Waals surface area contributed by atoms with Gasteiger partial charge in [0.25, 0.3) is 0 Å². The Morgan fingerprint density at radius 2 is 1.97 bits per heavy atom. The van der Waals surface area contributed by atoms with E-state index < -0.39 is 0 Å². The van der Waals surface area contributed by atoms with E-state index in [2.05, 4.69) is 4.98 Å². The summed E-state index contributed by atoms with van der Waals surface area (Å²) in [5, 5.41) is 1.61. The third-order valence-electron chi connectivity index (χ3n) is 5.41. The Kier molecular flexibility index (Phi) is 6.12. The zero-order valence-electron chi connectivity index (χ0n) is 18.0. The smallest absolute Gasteiger partial charge is 0.311 e. The van der Waals surface area contributed by atoms with Crippen molar-refractivity contribution in [3.63, 3.8) is 0 Å². The predicted molar refractivity (Wildman–Crippen MR) is 126 cm³/mol. The van der Waals surface area contributed by atoms with E-state index in [1.807, 2.05) is 68.8 Å². The minimum absolute atomic E-state index is 0.221. The molecule has 0 radical (unpaired) electrons. The molecule has 0 amide bonds. The number of esters is 1. The summed E-state index contributed by atoms with van der Waals surface area (Å²) < 4.78 is 7.60. The van der Waals surface area contributed by atoms with Crippen LogP contribution in [0, 0.1) is 13.8 Å². The number of hydrogen-bond acceptors (Lipinski definition) is 5. The minimum atomic E-state index is -0.255. The van der Waals surface area contributed by atoms with Crippen LogP contribution in [0.25, 0.3) is 21.6 Å². The highest BCUT2D eigenvalue weighted by Crippen LogP contribution is 2.32. The zero-order valence-corrected chi connectivity index (χ0v) is 19.6. The van der Waals surface area contributed by atoms with Crippen LogP contribution < -0.4 is 0 Å². The van der Waals surface area contributed by atoms with Gasteiger partial charge in [-0.2, -0.15) is 0 Å². The van der Waals surface area contributed by atoms with Gasteiger partial charge in [0.1, 0.15) is 17.4 Å². The van der Waals surface area contributed by atoms with Crippen LogP contribution in [0.3, 0.4) is 0 Å². The van der Waals surface area contributed by atoms with Crippen LogP contribution >= 0.6 is 22.9 Å². The lowest BCUT2D eigenvalue weighted by molar-refractivity contribution is -0.144. The van der Waals surface area contributed by atoms with Crippen molar-refractivity contribution in [3.8, 4) is 10.6 Å². The summed E-state index contributed by atoms with van der Waals surface area (Å²) in [6.45, 7) is 6.27. The third-order valence-corrected chi connectivity index (χ3v) is 6.77. The van der Waals surface area contributed by atoms with Crippen LogP contribution in [0.2, 0.25) is 5.02 Å². The number of benzene rings is 2. The van der Waals surface area contributed by atoms with E-state index in [0.29, 0.717) is 5.02 Å². The first-order valence-corrected chi connectivity index (χ1v) is 11.4. The molecule has 0 fully saturated rings.